The minimum Gasteiger partial charge on any atom is -0.342 e. The lowest BCUT2D eigenvalue weighted by Crippen LogP contribution is -2.20. The minimum absolute atomic E-state index is 0. The van der Waals surface area contributed by atoms with Gasteiger partial charge in [0.25, 0.3) is 12.8 Å². The van der Waals surface area contributed by atoms with Crippen LogP contribution in [0.3, 0.4) is 0 Å². The molecule has 2 N–H and O–H groups in total. The molecule has 0 aliphatic heterocycles. The van der Waals surface area contributed by atoms with Crippen molar-refractivity contribution in [2.24, 2.45) is 5.73 Å². The Labute approximate surface area is 62.9 Å². The van der Waals surface area contributed by atoms with Gasteiger partial charge in [0.2, 0.25) is 0 Å². The lowest BCUT2D eigenvalue weighted by Gasteiger charge is -2.05. The molecule has 0 amide bonds. The fourth-order valence-corrected chi connectivity index (χ4v) is 0.253. The van der Waals surface area contributed by atoms with Crippen LogP contribution in [0.4, 0.5) is 13.2 Å². The van der Waals surface area contributed by atoms with Crippen molar-refractivity contribution in [2.75, 3.05) is 13.2 Å². The summed E-state index contributed by atoms with van der Waals surface area (Å²) in [5.41, 5.74) is 4.84. The fourth-order valence-electron chi connectivity index (χ4n) is 0.253. The molecule has 1 unspecified atom stereocenters. The molecule has 0 rings (SSSR count). The van der Waals surface area contributed by atoms with Crippen LogP contribution in [0.25, 0.3) is 0 Å². The summed E-state index contributed by atoms with van der Waals surface area (Å²) in [4.78, 5) is 0. The summed E-state index contributed by atoms with van der Waals surface area (Å²) in [5.74, 6) is 0. The van der Waals surface area contributed by atoms with Gasteiger partial charge in [-0.3, -0.25) is 0 Å². The van der Waals surface area contributed by atoms with E-state index in [-0.39, 0.29) is 25.6 Å². The summed E-state index contributed by atoms with van der Waals surface area (Å²) in [5, 5.41) is 0. The molecule has 0 aliphatic rings. The van der Waals surface area contributed by atoms with Crippen LogP contribution >= 0.6 is 12.4 Å². The summed E-state index contributed by atoms with van der Waals surface area (Å²) in [6.45, 7) is -0.126. The van der Waals surface area contributed by atoms with Crippen molar-refractivity contribution in [2.45, 2.75) is 12.8 Å². The van der Waals surface area contributed by atoms with Crippen LogP contribution < -0.4 is 5.73 Å². The van der Waals surface area contributed by atoms with Gasteiger partial charge in [-0.15, -0.1) is 12.4 Å². The standard InChI is InChI=1S/C4H8F3NO.ClH/c5-3(6)4(7)9-2-1-8;/h3-4H,1-2,8H2;1H. The Hall–Kier alpha value is -0.0000000000000000555. The first-order chi connectivity index (χ1) is 4.18. The van der Waals surface area contributed by atoms with Crippen molar-refractivity contribution in [3.05, 3.63) is 0 Å². The SMILES string of the molecule is Cl.NCCOC(F)C(F)F. The second-order valence-corrected chi connectivity index (χ2v) is 1.35. The molecular weight excluding hydrogens is 170 g/mol. The van der Waals surface area contributed by atoms with Gasteiger partial charge in [0.15, 0.2) is 0 Å². The van der Waals surface area contributed by atoms with Gasteiger partial charge in [0.05, 0.1) is 6.61 Å². The fraction of sp³-hybridized carbons (Fsp3) is 1.00. The third-order valence-corrected chi connectivity index (χ3v) is 0.593. The topological polar surface area (TPSA) is 35.2 Å². The molecule has 0 aliphatic carbocycles. The Kier molecular flexibility index (Phi) is 9.00. The summed E-state index contributed by atoms with van der Waals surface area (Å²) in [6.07, 6.45) is -5.56. The Morgan fingerprint density at radius 1 is 1.30 bits per heavy atom. The molecule has 0 spiro atoms. The van der Waals surface area contributed by atoms with E-state index in [9.17, 15) is 13.2 Å². The van der Waals surface area contributed by atoms with Crippen molar-refractivity contribution in [3.8, 4) is 0 Å². The van der Waals surface area contributed by atoms with Crippen LogP contribution in [0.15, 0.2) is 0 Å². The quantitative estimate of drug-likeness (QED) is 0.697. The second kappa shape index (κ2) is 7.11. The van der Waals surface area contributed by atoms with E-state index in [0.29, 0.717) is 0 Å². The van der Waals surface area contributed by atoms with E-state index in [4.69, 9.17) is 5.73 Å². The molecule has 2 nitrogen and oxygen atoms in total. The van der Waals surface area contributed by atoms with Gasteiger partial charge in [0, 0.05) is 6.54 Å². The number of nitrogens with two attached hydrogens (primary N) is 1. The minimum atomic E-state index is -3.07. The lowest BCUT2D eigenvalue weighted by atomic mass is 10.7. The predicted molar refractivity (Wildman–Crippen MR) is 33.2 cm³/mol. The molecule has 0 heterocycles. The van der Waals surface area contributed by atoms with Crippen LogP contribution in [-0.2, 0) is 4.74 Å². The average Bonchev–Trinajstić information content (AvgIpc) is 1.82. The van der Waals surface area contributed by atoms with Crippen LogP contribution in [0.5, 0.6) is 0 Å². The van der Waals surface area contributed by atoms with E-state index >= 15 is 0 Å². The maximum atomic E-state index is 11.7. The summed E-state index contributed by atoms with van der Waals surface area (Å²) < 4.78 is 38.0. The Morgan fingerprint density at radius 2 is 1.80 bits per heavy atom. The molecule has 6 heteroatoms. The Balaban J connectivity index is 0. The van der Waals surface area contributed by atoms with Gasteiger partial charge in [0.1, 0.15) is 0 Å². The van der Waals surface area contributed by atoms with Gasteiger partial charge in [-0.25, -0.2) is 13.2 Å². The Morgan fingerprint density at radius 3 is 2.10 bits per heavy atom. The second-order valence-electron chi connectivity index (χ2n) is 1.35. The first-order valence-corrected chi connectivity index (χ1v) is 2.42. The zero-order chi connectivity index (χ0) is 7.28. The molecule has 0 radical (unpaired) electrons. The molecule has 10 heavy (non-hydrogen) atoms. The van der Waals surface area contributed by atoms with E-state index in [1.165, 1.54) is 0 Å². The molecule has 0 fully saturated rings. The van der Waals surface area contributed by atoms with E-state index in [0.717, 1.165) is 0 Å². The lowest BCUT2D eigenvalue weighted by molar-refractivity contribution is -0.126. The monoisotopic (exact) mass is 179 g/mol. The number of hydrogen-bond donors (Lipinski definition) is 1. The normalized spacial score (nSPS) is 12.9. The van der Waals surface area contributed by atoms with Crippen molar-refractivity contribution >= 4 is 12.4 Å². The number of ether oxygens (including phenoxy) is 1. The van der Waals surface area contributed by atoms with Crippen LogP contribution in [0.2, 0.25) is 0 Å². The maximum absolute atomic E-state index is 11.7. The van der Waals surface area contributed by atoms with E-state index in [1.54, 1.807) is 0 Å². The first-order valence-electron chi connectivity index (χ1n) is 2.42. The zero-order valence-corrected chi connectivity index (χ0v) is 5.91. The molecule has 0 aromatic heterocycles. The van der Waals surface area contributed by atoms with E-state index in [2.05, 4.69) is 4.74 Å². The van der Waals surface area contributed by atoms with Crippen molar-refractivity contribution in [1.82, 2.24) is 0 Å². The number of alkyl halides is 3. The summed E-state index contributed by atoms with van der Waals surface area (Å²) in [6, 6.07) is 0. The van der Waals surface area contributed by atoms with Gasteiger partial charge >= 0.3 is 0 Å². The van der Waals surface area contributed by atoms with Gasteiger partial charge in [-0.1, -0.05) is 0 Å². The first kappa shape index (κ1) is 12.7. The number of halogens is 4. The largest absolute Gasteiger partial charge is 0.342 e. The molecular formula is C4H9ClF3NO. The average molecular weight is 180 g/mol. The van der Waals surface area contributed by atoms with Gasteiger partial charge in [-0.2, -0.15) is 0 Å². The molecule has 64 valence electrons. The highest BCUT2D eigenvalue weighted by Gasteiger charge is 2.18. The summed E-state index contributed by atoms with van der Waals surface area (Å²) >= 11 is 0. The molecule has 0 saturated heterocycles. The molecule has 0 aromatic carbocycles. The van der Waals surface area contributed by atoms with Gasteiger partial charge in [-0.05, 0) is 0 Å². The highest BCUT2D eigenvalue weighted by atomic mass is 35.5. The van der Waals surface area contributed by atoms with Crippen molar-refractivity contribution in [1.29, 1.82) is 0 Å². The highest BCUT2D eigenvalue weighted by molar-refractivity contribution is 5.85. The van der Waals surface area contributed by atoms with Crippen molar-refractivity contribution < 1.29 is 17.9 Å². The third kappa shape index (κ3) is 6.12. The van der Waals surface area contributed by atoms with E-state index < -0.39 is 12.8 Å². The van der Waals surface area contributed by atoms with Gasteiger partial charge < -0.3 is 10.5 Å². The van der Waals surface area contributed by atoms with Crippen LogP contribution in [0.1, 0.15) is 0 Å². The highest BCUT2D eigenvalue weighted by Crippen LogP contribution is 2.05. The zero-order valence-electron chi connectivity index (χ0n) is 5.10. The van der Waals surface area contributed by atoms with E-state index in [1.807, 2.05) is 0 Å². The summed E-state index contributed by atoms with van der Waals surface area (Å²) in [7, 11) is 0. The van der Waals surface area contributed by atoms with Crippen LogP contribution in [0, 0.1) is 0 Å². The third-order valence-electron chi connectivity index (χ3n) is 0.593. The Bertz CT molecular complexity index is 75.5. The number of rotatable bonds is 4. The molecule has 0 bridgehead atoms. The molecule has 0 aromatic rings. The smallest absolute Gasteiger partial charge is 0.293 e. The molecule has 1 atom stereocenters. The maximum Gasteiger partial charge on any atom is 0.293 e. The predicted octanol–water partition coefficient (Wildman–Crippen LogP) is 0.944. The van der Waals surface area contributed by atoms with Crippen LogP contribution in [-0.4, -0.2) is 25.9 Å². The van der Waals surface area contributed by atoms with Crippen molar-refractivity contribution in [3.63, 3.8) is 0 Å². The molecule has 0 saturated carbocycles. The number of hydrogen-bond acceptors (Lipinski definition) is 2.